The van der Waals surface area contributed by atoms with Crippen molar-refractivity contribution in [1.82, 2.24) is 15.5 Å². The summed E-state index contributed by atoms with van der Waals surface area (Å²) in [5, 5.41) is 6.05. The van der Waals surface area contributed by atoms with Crippen LogP contribution in [0, 0.1) is 5.92 Å². The molecule has 16 heavy (non-hydrogen) atoms. The van der Waals surface area contributed by atoms with Gasteiger partial charge in [0.15, 0.2) is 0 Å². The van der Waals surface area contributed by atoms with Crippen molar-refractivity contribution in [3.05, 3.63) is 0 Å². The van der Waals surface area contributed by atoms with E-state index in [0.717, 1.165) is 13.1 Å². The minimum atomic E-state index is -0.153. The third kappa shape index (κ3) is 2.19. The molecule has 2 rings (SSSR count). The molecule has 2 saturated heterocycles. The molecule has 0 aromatic carbocycles. The number of carbonyl (C=O) groups is 2. The zero-order valence-corrected chi connectivity index (χ0v) is 9.82. The third-order valence-corrected chi connectivity index (χ3v) is 3.37. The van der Waals surface area contributed by atoms with E-state index in [2.05, 4.69) is 17.6 Å². The fourth-order valence-corrected chi connectivity index (χ4v) is 2.34. The van der Waals surface area contributed by atoms with E-state index in [1.54, 1.807) is 0 Å². The maximum absolute atomic E-state index is 12.2. The SMILES string of the molecule is CC1CN(C(=O)C2CNC(=O)C2)C(C)CN1. The van der Waals surface area contributed by atoms with Gasteiger partial charge in [-0.3, -0.25) is 9.59 Å². The van der Waals surface area contributed by atoms with E-state index in [1.165, 1.54) is 0 Å². The van der Waals surface area contributed by atoms with Crippen molar-refractivity contribution in [2.75, 3.05) is 19.6 Å². The maximum Gasteiger partial charge on any atom is 0.228 e. The van der Waals surface area contributed by atoms with Crippen LogP contribution in [0.1, 0.15) is 20.3 Å². The lowest BCUT2D eigenvalue weighted by Crippen LogP contribution is -2.57. The number of carbonyl (C=O) groups excluding carboxylic acids is 2. The Morgan fingerprint density at radius 3 is 2.75 bits per heavy atom. The molecule has 3 unspecified atom stereocenters. The Labute approximate surface area is 95.6 Å². The van der Waals surface area contributed by atoms with E-state index < -0.39 is 0 Å². The Balaban J connectivity index is 2.00. The standard InChI is InChI=1S/C11H19N3O2/c1-7-6-14(8(2)4-12-7)11(16)9-3-10(15)13-5-9/h7-9,12H,3-6H2,1-2H3,(H,13,15). The summed E-state index contributed by atoms with van der Waals surface area (Å²) in [7, 11) is 0. The summed E-state index contributed by atoms with van der Waals surface area (Å²) in [5.41, 5.74) is 0. The van der Waals surface area contributed by atoms with Crippen molar-refractivity contribution < 1.29 is 9.59 Å². The van der Waals surface area contributed by atoms with Gasteiger partial charge in [-0.25, -0.2) is 0 Å². The highest BCUT2D eigenvalue weighted by Gasteiger charge is 2.35. The summed E-state index contributed by atoms with van der Waals surface area (Å²) >= 11 is 0. The van der Waals surface area contributed by atoms with Crippen molar-refractivity contribution in [2.45, 2.75) is 32.4 Å². The molecule has 3 atom stereocenters. The number of hydrogen-bond donors (Lipinski definition) is 2. The van der Waals surface area contributed by atoms with E-state index in [-0.39, 0.29) is 23.8 Å². The number of hydrogen-bond acceptors (Lipinski definition) is 3. The van der Waals surface area contributed by atoms with Gasteiger partial charge < -0.3 is 15.5 Å². The molecule has 2 N–H and O–H groups in total. The first-order chi connectivity index (χ1) is 7.58. The monoisotopic (exact) mass is 225 g/mol. The number of piperazine rings is 1. The largest absolute Gasteiger partial charge is 0.355 e. The number of rotatable bonds is 1. The van der Waals surface area contributed by atoms with E-state index >= 15 is 0 Å². The van der Waals surface area contributed by atoms with Crippen LogP contribution in [0.15, 0.2) is 0 Å². The second kappa shape index (κ2) is 4.41. The van der Waals surface area contributed by atoms with Gasteiger partial charge in [-0.15, -0.1) is 0 Å². The van der Waals surface area contributed by atoms with Gasteiger partial charge >= 0.3 is 0 Å². The quantitative estimate of drug-likeness (QED) is 0.622. The van der Waals surface area contributed by atoms with Crippen LogP contribution in [0.5, 0.6) is 0 Å². The van der Waals surface area contributed by atoms with Crippen LogP contribution in [-0.2, 0) is 9.59 Å². The van der Waals surface area contributed by atoms with Crippen LogP contribution in [0.3, 0.4) is 0 Å². The lowest BCUT2D eigenvalue weighted by atomic mass is 10.0. The fourth-order valence-electron chi connectivity index (χ4n) is 2.34. The summed E-state index contributed by atoms with van der Waals surface area (Å²) < 4.78 is 0. The second-order valence-electron chi connectivity index (χ2n) is 4.85. The molecular formula is C11H19N3O2. The Kier molecular flexibility index (Phi) is 3.14. The number of nitrogens with zero attached hydrogens (tertiary/aromatic N) is 1. The normalized spacial score (nSPS) is 35.0. The molecule has 0 aromatic heterocycles. The van der Waals surface area contributed by atoms with Gasteiger partial charge in [-0.05, 0) is 13.8 Å². The molecule has 90 valence electrons. The summed E-state index contributed by atoms with van der Waals surface area (Å²) in [6.45, 7) is 6.19. The smallest absolute Gasteiger partial charge is 0.228 e. The molecular weight excluding hydrogens is 206 g/mol. The Morgan fingerprint density at radius 1 is 1.38 bits per heavy atom. The maximum atomic E-state index is 12.2. The van der Waals surface area contributed by atoms with Crippen molar-refractivity contribution in [2.24, 2.45) is 5.92 Å². The summed E-state index contributed by atoms with van der Waals surface area (Å²) in [4.78, 5) is 25.2. The Hall–Kier alpha value is -1.10. The van der Waals surface area contributed by atoms with Crippen LogP contribution in [0.2, 0.25) is 0 Å². The van der Waals surface area contributed by atoms with Crippen LogP contribution in [0.4, 0.5) is 0 Å². The van der Waals surface area contributed by atoms with E-state index in [9.17, 15) is 9.59 Å². The third-order valence-electron chi connectivity index (χ3n) is 3.37. The van der Waals surface area contributed by atoms with Crippen molar-refractivity contribution in [3.63, 3.8) is 0 Å². The molecule has 0 aliphatic carbocycles. The van der Waals surface area contributed by atoms with Gasteiger partial charge in [0.25, 0.3) is 0 Å². The molecule has 2 amide bonds. The Morgan fingerprint density at radius 2 is 2.12 bits per heavy atom. The molecule has 2 heterocycles. The lowest BCUT2D eigenvalue weighted by molar-refractivity contribution is -0.139. The molecule has 0 bridgehead atoms. The molecule has 5 nitrogen and oxygen atoms in total. The highest BCUT2D eigenvalue weighted by atomic mass is 16.2. The van der Waals surface area contributed by atoms with Crippen molar-refractivity contribution in [1.29, 1.82) is 0 Å². The van der Waals surface area contributed by atoms with Gasteiger partial charge in [0.1, 0.15) is 0 Å². The Bertz CT molecular complexity index is 306. The van der Waals surface area contributed by atoms with E-state index in [4.69, 9.17) is 0 Å². The molecule has 5 heteroatoms. The van der Waals surface area contributed by atoms with Gasteiger partial charge in [0.05, 0.1) is 5.92 Å². The average molecular weight is 225 g/mol. The van der Waals surface area contributed by atoms with Crippen LogP contribution in [0.25, 0.3) is 0 Å². The predicted molar refractivity (Wildman–Crippen MR) is 59.8 cm³/mol. The fraction of sp³-hybridized carbons (Fsp3) is 0.818. The first-order valence-electron chi connectivity index (χ1n) is 5.88. The number of nitrogens with one attached hydrogen (secondary N) is 2. The van der Waals surface area contributed by atoms with Gasteiger partial charge in [0.2, 0.25) is 11.8 Å². The highest BCUT2D eigenvalue weighted by molar-refractivity contribution is 5.89. The van der Waals surface area contributed by atoms with Crippen LogP contribution in [-0.4, -0.2) is 48.4 Å². The van der Waals surface area contributed by atoms with Gasteiger partial charge in [0, 0.05) is 38.1 Å². The van der Waals surface area contributed by atoms with E-state index in [1.807, 2.05) is 11.8 Å². The summed E-state index contributed by atoms with van der Waals surface area (Å²) in [6.07, 6.45) is 0.351. The van der Waals surface area contributed by atoms with Crippen molar-refractivity contribution in [3.8, 4) is 0 Å². The van der Waals surface area contributed by atoms with Gasteiger partial charge in [-0.1, -0.05) is 0 Å². The molecule has 0 spiro atoms. The predicted octanol–water partition coefficient (Wildman–Crippen LogP) is -0.669. The minimum absolute atomic E-state index is 0.00538. The molecule has 2 aliphatic rings. The average Bonchev–Trinajstić information content (AvgIpc) is 2.67. The molecule has 2 fully saturated rings. The molecule has 0 saturated carbocycles. The van der Waals surface area contributed by atoms with E-state index in [0.29, 0.717) is 19.0 Å². The minimum Gasteiger partial charge on any atom is -0.355 e. The summed E-state index contributed by atoms with van der Waals surface area (Å²) in [6, 6.07) is 0.560. The first-order valence-corrected chi connectivity index (χ1v) is 5.88. The zero-order valence-electron chi connectivity index (χ0n) is 9.82. The second-order valence-corrected chi connectivity index (χ2v) is 4.85. The molecule has 0 radical (unpaired) electrons. The molecule has 0 aromatic rings. The van der Waals surface area contributed by atoms with Crippen LogP contribution >= 0.6 is 0 Å². The first kappa shape index (κ1) is 11.4. The lowest BCUT2D eigenvalue weighted by Gasteiger charge is -2.38. The highest BCUT2D eigenvalue weighted by Crippen LogP contribution is 2.16. The summed E-state index contributed by atoms with van der Waals surface area (Å²) in [5.74, 6) is -0.0337. The van der Waals surface area contributed by atoms with Crippen molar-refractivity contribution >= 4 is 11.8 Å². The van der Waals surface area contributed by atoms with Crippen LogP contribution < -0.4 is 10.6 Å². The zero-order chi connectivity index (χ0) is 11.7. The topological polar surface area (TPSA) is 61.4 Å². The molecule has 2 aliphatic heterocycles. The number of amides is 2. The van der Waals surface area contributed by atoms with Gasteiger partial charge in [-0.2, -0.15) is 0 Å².